The van der Waals surface area contributed by atoms with Crippen molar-refractivity contribution in [1.82, 2.24) is 5.16 Å². The van der Waals surface area contributed by atoms with Gasteiger partial charge in [0.15, 0.2) is 17.3 Å². The normalized spacial score (nSPS) is 10.3. The Hall–Kier alpha value is -1.84. The molecule has 0 N–H and O–H groups in total. The lowest BCUT2D eigenvalue weighted by molar-refractivity contribution is 0.321. The predicted octanol–water partition coefficient (Wildman–Crippen LogP) is 2.88. The number of hydrogen-bond acceptors (Lipinski definition) is 3. The molecule has 0 aliphatic rings. The van der Waals surface area contributed by atoms with Crippen LogP contribution in [0.1, 0.15) is 6.92 Å². The second kappa shape index (κ2) is 4.13. The molecule has 2 rings (SSSR count). The second-order valence-corrected chi connectivity index (χ2v) is 2.95. The zero-order chi connectivity index (χ0) is 10.7. The Labute approximate surface area is 86.5 Å². The minimum Gasteiger partial charge on any atom is -0.491 e. The maximum absolute atomic E-state index is 13.4. The molecule has 15 heavy (non-hydrogen) atoms. The molecule has 0 spiro atoms. The van der Waals surface area contributed by atoms with E-state index in [1.807, 2.05) is 6.92 Å². The summed E-state index contributed by atoms with van der Waals surface area (Å²) in [7, 11) is 0. The lowest BCUT2D eigenvalue weighted by Gasteiger charge is -2.04. The molecule has 0 aliphatic carbocycles. The number of aromatic nitrogens is 1. The first-order chi connectivity index (χ1) is 7.31. The van der Waals surface area contributed by atoms with E-state index in [0.717, 1.165) is 0 Å². The van der Waals surface area contributed by atoms with Crippen molar-refractivity contribution in [2.75, 3.05) is 6.61 Å². The van der Waals surface area contributed by atoms with Crippen molar-refractivity contribution in [2.24, 2.45) is 0 Å². The Morgan fingerprint density at radius 1 is 1.40 bits per heavy atom. The molecule has 1 heterocycles. The summed E-state index contributed by atoms with van der Waals surface area (Å²) in [4.78, 5) is 0. The van der Waals surface area contributed by atoms with E-state index in [0.29, 0.717) is 17.9 Å². The molecule has 0 saturated carbocycles. The van der Waals surface area contributed by atoms with Gasteiger partial charge in [0.05, 0.1) is 12.8 Å². The van der Waals surface area contributed by atoms with Gasteiger partial charge >= 0.3 is 0 Å². The van der Waals surface area contributed by atoms with E-state index in [-0.39, 0.29) is 5.75 Å². The van der Waals surface area contributed by atoms with Gasteiger partial charge < -0.3 is 9.26 Å². The minimum absolute atomic E-state index is 0.251. The zero-order valence-corrected chi connectivity index (χ0v) is 8.24. The Kier molecular flexibility index (Phi) is 2.67. The number of ether oxygens (including phenoxy) is 1. The Morgan fingerprint density at radius 2 is 2.27 bits per heavy atom. The summed E-state index contributed by atoms with van der Waals surface area (Å²) in [5.74, 6) is 0.392. The van der Waals surface area contributed by atoms with E-state index in [9.17, 15) is 4.39 Å². The summed E-state index contributed by atoms with van der Waals surface area (Å²) in [5, 5.41) is 3.56. The van der Waals surface area contributed by atoms with Crippen LogP contribution in [0.2, 0.25) is 0 Å². The van der Waals surface area contributed by atoms with Crippen LogP contribution in [0.4, 0.5) is 4.39 Å². The Balaban J connectivity index is 2.33. The standard InChI is InChI=1S/C11H10FNO2/c1-2-14-11-4-3-8(7-9(11)12)10-5-6-13-15-10/h3-7H,2H2,1H3. The summed E-state index contributed by atoms with van der Waals surface area (Å²) >= 11 is 0. The van der Waals surface area contributed by atoms with Crippen LogP contribution in [0.3, 0.4) is 0 Å². The van der Waals surface area contributed by atoms with Crippen molar-refractivity contribution in [3.05, 3.63) is 36.3 Å². The highest BCUT2D eigenvalue weighted by Crippen LogP contribution is 2.25. The lowest BCUT2D eigenvalue weighted by Crippen LogP contribution is -1.94. The SMILES string of the molecule is CCOc1ccc(-c2ccno2)cc1F. The molecule has 1 aromatic heterocycles. The number of halogens is 1. The average molecular weight is 207 g/mol. The van der Waals surface area contributed by atoms with Gasteiger partial charge in [-0.2, -0.15) is 0 Å². The van der Waals surface area contributed by atoms with Gasteiger partial charge in [-0.25, -0.2) is 4.39 Å². The third-order valence-corrected chi connectivity index (χ3v) is 1.95. The minimum atomic E-state index is -0.397. The van der Waals surface area contributed by atoms with Gasteiger partial charge in [0, 0.05) is 11.6 Å². The topological polar surface area (TPSA) is 35.3 Å². The van der Waals surface area contributed by atoms with Gasteiger partial charge in [0.2, 0.25) is 0 Å². The maximum Gasteiger partial charge on any atom is 0.166 e. The number of hydrogen-bond donors (Lipinski definition) is 0. The molecule has 0 saturated heterocycles. The van der Waals surface area contributed by atoms with Crippen molar-refractivity contribution < 1.29 is 13.7 Å². The van der Waals surface area contributed by atoms with Gasteiger partial charge in [-0.1, -0.05) is 5.16 Å². The lowest BCUT2D eigenvalue weighted by atomic mass is 10.1. The highest BCUT2D eigenvalue weighted by Gasteiger charge is 2.07. The largest absolute Gasteiger partial charge is 0.491 e. The Morgan fingerprint density at radius 3 is 2.87 bits per heavy atom. The van der Waals surface area contributed by atoms with Crippen LogP contribution in [0.5, 0.6) is 5.75 Å². The van der Waals surface area contributed by atoms with Crippen molar-refractivity contribution in [1.29, 1.82) is 0 Å². The molecule has 0 unspecified atom stereocenters. The van der Waals surface area contributed by atoms with E-state index < -0.39 is 5.82 Å². The van der Waals surface area contributed by atoms with Gasteiger partial charge in [0.1, 0.15) is 0 Å². The van der Waals surface area contributed by atoms with Crippen LogP contribution in [0.25, 0.3) is 11.3 Å². The smallest absolute Gasteiger partial charge is 0.166 e. The van der Waals surface area contributed by atoms with Gasteiger partial charge in [-0.3, -0.25) is 0 Å². The number of nitrogens with zero attached hydrogens (tertiary/aromatic N) is 1. The highest BCUT2D eigenvalue weighted by atomic mass is 19.1. The molecule has 0 amide bonds. The first-order valence-electron chi connectivity index (χ1n) is 4.64. The van der Waals surface area contributed by atoms with E-state index in [4.69, 9.17) is 9.26 Å². The molecule has 3 nitrogen and oxygen atoms in total. The van der Waals surface area contributed by atoms with Gasteiger partial charge in [-0.15, -0.1) is 0 Å². The molecule has 2 aromatic rings. The van der Waals surface area contributed by atoms with Crippen LogP contribution in [-0.2, 0) is 0 Å². The molecule has 0 fully saturated rings. The first kappa shape index (κ1) is 9.71. The molecule has 0 atom stereocenters. The van der Waals surface area contributed by atoms with Crippen LogP contribution in [0, 0.1) is 5.82 Å². The number of rotatable bonds is 3. The summed E-state index contributed by atoms with van der Waals surface area (Å²) in [5.41, 5.74) is 0.647. The summed E-state index contributed by atoms with van der Waals surface area (Å²) in [6, 6.07) is 6.35. The van der Waals surface area contributed by atoms with Gasteiger partial charge in [-0.05, 0) is 25.1 Å². The van der Waals surface area contributed by atoms with Gasteiger partial charge in [0.25, 0.3) is 0 Å². The third-order valence-electron chi connectivity index (χ3n) is 1.95. The van der Waals surface area contributed by atoms with E-state index >= 15 is 0 Å². The molecule has 1 aromatic carbocycles. The average Bonchev–Trinajstić information content (AvgIpc) is 2.74. The third kappa shape index (κ3) is 1.98. The first-order valence-corrected chi connectivity index (χ1v) is 4.64. The maximum atomic E-state index is 13.4. The van der Waals surface area contributed by atoms with Crippen molar-refractivity contribution in [2.45, 2.75) is 6.92 Å². The molecule has 0 aliphatic heterocycles. The molecule has 4 heteroatoms. The van der Waals surface area contributed by atoms with Crippen LogP contribution in [-0.4, -0.2) is 11.8 Å². The van der Waals surface area contributed by atoms with E-state index in [1.54, 1.807) is 18.2 Å². The summed E-state index contributed by atoms with van der Waals surface area (Å²) in [6.07, 6.45) is 1.52. The quantitative estimate of drug-likeness (QED) is 0.776. The second-order valence-electron chi connectivity index (χ2n) is 2.95. The fourth-order valence-corrected chi connectivity index (χ4v) is 1.29. The van der Waals surface area contributed by atoms with Crippen LogP contribution >= 0.6 is 0 Å². The highest BCUT2D eigenvalue weighted by molar-refractivity contribution is 5.58. The van der Waals surface area contributed by atoms with Crippen LogP contribution in [0.15, 0.2) is 35.0 Å². The number of benzene rings is 1. The fraction of sp³-hybridized carbons (Fsp3) is 0.182. The molecule has 0 bridgehead atoms. The summed E-state index contributed by atoms with van der Waals surface area (Å²) < 4.78 is 23.4. The monoisotopic (exact) mass is 207 g/mol. The predicted molar refractivity (Wildman–Crippen MR) is 53.1 cm³/mol. The Bertz CT molecular complexity index is 440. The van der Waals surface area contributed by atoms with Crippen molar-refractivity contribution in [3.63, 3.8) is 0 Å². The molecule has 0 radical (unpaired) electrons. The summed E-state index contributed by atoms with van der Waals surface area (Å²) in [6.45, 7) is 2.25. The molecular weight excluding hydrogens is 197 g/mol. The molecule has 78 valence electrons. The molecular formula is C11H10FNO2. The van der Waals surface area contributed by atoms with Crippen molar-refractivity contribution >= 4 is 0 Å². The fourth-order valence-electron chi connectivity index (χ4n) is 1.29. The van der Waals surface area contributed by atoms with E-state index in [1.165, 1.54) is 12.3 Å². The van der Waals surface area contributed by atoms with Crippen molar-refractivity contribution in [3.8, 4) is 17.1 Å². The van der Waals surface area contributed by atoms with E-state index in [2.05, 4.69) is 5.16 Å². The van der Waals surface area contributed by atoms with Crippen LogP contribution < -0.4 is 4.74 Å². The zero-order valence-electron chi connectivity index (χ0n) is 8.24.